The number of allylic oxidation sites excluding steroid dienone is 10. The van der Waals surface area contributed by atoms with E-state index in [9.17, 15) is 24.2 Å². The molecule has 10 heteroatoms. The first-order valence-electron chi connectivity index (χ1n) is 15.7. The van der Waals surface area contributed by atoms with Gasteiger partial charge in [-0.3, -0.25) is 18.6 Å². The predicted octanol–water partition coefficient (Wildman–Crippen LogP) is 7.42. The Balaban J connectivity index is 3.57. The molecular weight excluding hydrogens is 569 g/mol. The molecule has 0 radical (unpaired) electrons. The largest absolute Gasteiger partial charge is 0.472 e. The molecule has 0 heterocycles. The summed E-state index contributed by atoms with van der Waals surface area (Å²) in [6.45, 7) is 2.43. The number of carbonyl (C=O) groups excluding carboxylic acids is 2. The minimum atomic E-state index is -4.37. The lowest BCUT2D eigenvalue weighted by atomic mass is 10.1. The van der Waals surface area contributed by atoms with E-state index in [2.05, 4.69) is 82.0 Å². The highest BCUT2D eigenvalue weighted by molar-refractivity contribution is 7.47. The second-order valence-electron chi connectivity index (χ2n) is 10.1. The smallest absolute Gasteiger partial charge is 0.463 e. The van der Waals surface area contributed by atoms with Crippen LogP contribution in [0.15, 0.2) is 60.8 Å². The van der Waals surface area contributed by atoms with Crippen molar-refractivity contribution in [1.82, 2.24) is 5.32 Å². The molecule has 0 aromatic rings. The van der Waals surface area contributed by atoms with Crippen LogP contribution in [-0.2, 0) is 27.9 Å². The lowest BCUT2D eigenvalue weighted by Crippen LogP contribution is -2.25. The third-order valence-corrected chi connectivity index (χ3v) is 6.99. The molecule has 2 unspecified atom stereocenters. The second-order valence-corrected chi connectivity index (χ2v) is 11.6. The number of esters is 1. The van der Waals surface area contributed by atoms with Crippen molar-refractivity contribution in [3.05, 3.63) is 60.8 Å². The first-order chi connectivity index (χ1) is 20.8. The van der Waals surface area contributed by atoms with E-state index >= 15 is 0 Å². The normalized spacial score (nSPS) is 14.4. The molecule has 1 amide bonds. The van der Waals surface area contributed by atoms with Crippen LogP contribution in [0.4, 0.5) is 0 Å². The van der Waals surface area contributed by atoms with Gasteiger partial charge < -0.3 is 20.1 Å². The maximum atomic E-state index is 11.8. The van der Waals surface area contributed by atoms with E-state index in [0.29, 0.717) is 0 Å². The second kappa shape index (κ2) is 29.8. The number of nitrogens with one attached hydrogen (secondary N) is 1. The number of phosphoric acid groups is 1. The van der Waals surface area contributed by atoms with Crippen molar-refractivity contribution in [1.29, 1.82) is 0 Å². The van der Waals surface area contributed by atoms with Gasteiger partial charge >= 0.3 is 13.8 Å². The van der Waals surface area contributed by atoms with E-state index in [4.69, 9.17) is 4.74 Å². The molecule has 43 heavy (non-hydrogen) atoms. The monoisotopic (exact) mass is 625 g/mol. The van der Waals surface area contributed by atoms with Crippen LogP contribution in [0, 0.1) is 0 Å². The molecule has 0 aromatic heterocycles. The van der Waals surface area contributed by atoms with E-state index < -0.39 is 26.5 Å². The van der Waals surface area contributed by atoms with E-state index in [1.807, 2.05) is 0 Å². The maximum Gasteiger partial charge on any atom is 0.472 e. The van der Waals surface area contributed by atoms with E-state index in [1.165, 1.54) is 26.2 Å². The Morgan fingerprint density at radius 2 is 1.26 bits per heavy atom. The zero-order valence-electron chi connectivity index (χ0n) is 26.4. The average molecular weight is 626 g/mol. The minimum absolute atomic E-state index is 0.0508. The summed E-state index contributed by atoms with van der Waals surface area (Å²) < 4.78 is 26.0. The first kappa shape index (κ1) is 40.7. The van der Waals surface area contributed by atoms with Crippen LogP contribution in [0.5, 0.6) is 0 Å². The van der Waals surface area contributed by atoms with Crippen LogP contribution in [-0.4, -0.2) is 54.3 Å². The highest BCUT2D eigenvalue weighted by atomic mass is 31.2. The van der Waals surface area contributed by atoms with Crippen molar-refractivity contribution in [2.24, 2.45) is 0 Å². The zero-order valence-corrected chi connectivity index (χ0v) is 27.3. The van der Waals surface area contributed by atoms with Gasteiger partial charge in [0.2, 0.25) is 5.91 Å². The number of hydrogen-bond acceptors (Lipinski definition) is 7. The molecule has 0 spiro atoms. The van der Waals surface area contributed by atoms with Crippen LogP contribution in [0.25, 0.3) is 0 Å². The van der Waals surface area contributed by atoms with E-state index in [0.717, 1.165) is 64.2 Å². The molecule has 0 fully saturated rings. The van der Waals surface area contributed by atoms with Gasteiger partial charge in [0.25, 0.3) is 0 Å². The first-order valence-corrected chi connectivity index (χ1v) is 17.2. The Morgan fingerprint density at radius 3 is 1.81 bits per heavy atom. The van der Waals surface area contributed by atoms with Gasteiger partial charge in [0, 0.05) is 19.9 Å². The Bertz CT molecular complexity index is 897. The van der Waals surface area contributed by atoms with Crippen molar-refractivity contribution in [3.63, 3.8) is 0 Å². The fraction of sp³-hybridized carbons (Fsp3) is 0.636. The minimum Gasteiger partial charge on any atom is -0.463 e. The van der Waals surface area contributed by atoms with Gasteiger partial charge in [0.15, 0.2) is 0 Å². The van der Waals surface area contributed by atoms with Gasteiger partial charge in [-0.1, -0.05) is 99.8 Å². The molecule has 2 atom stereocenters. The van der Waals surface area contributed by atoms with Crippen molar-refractivity contribution in [3.8, 4) is 0 Å². The molecule has 0 saturated heterocycles. The molecule has 0 aromatic carbocycles. The van der Waals surface area contributed by atoms with Crippen LogP contribution in [0.1, 0.15) is 104 Å². The van der Waals surface area contributed by atoms with Crippen LogP contribution >= 0.6 is 7.82 Å². The fourth-order valence-corrected chi connectivity index (χ4v) is 4.46. The number of aliphatic hydroxyl groups is 1. The number of carbonyl (C=O) groups is 2. The summed E-state index contributed by atoms with van der Waals surface area (Å²) in [5.41, 5.74) is 0. The van der Waals surface area contributed by atoms with Crippen molar-refractivity contribution in [2.75, 3.05) is 26.4 Å². The Labute approximate surface area is 259 Å². The maximum absolute atomic E-state index is 11.8. The molecule has 9 nitrogen and oxygen atoms in total. The molecule has 246 valence electrons. The standard InChI is InChI=1S/C33H56NO8P/c1-3-4-5-6-7-8-9-10-11-12-13-14-15-16-17-18-19-20-21-22-23-24-25-26-33(37)40-29-32(36)30-42-43(38,39)41-28-27-34-31(2)35/h4-5,7-8,10-11,13-14,16-17,32,36H,3,6,9,12,15,18-30H2,1-2H3,(H,34,35)(H,38,39)/b5-4-,8-7-,11-10-,14-13-,17-16-. The van der Waals surface area contributed by atoms with E-state index in [-0.39, 0.29) is 32.1 Å². The number of ether oxygens (including phenoxy) is 1. The number of unbranched alkanes of at least 4 members (excludes halogenated alkanes) is 7. The summed E-state index contributed by atoms with van der Waals surface area (Å²) in [5, 5.41) is 12.2. The molecule has 0 bridgehead atoms. The molecule has 0 aliphatic heterocycles. The summed E-state index contributed by atoms with van der Waals surface area (Å²) >= 11 is 0. The number of hydrogen-bond donors (Lipinski definition) is 3. The van der Waals surface area contributed by atoms with Gasteiger partial charge in [0.1, 0.15) is 12.7 Å². The van der Waals surface area contributed by atoms with Gasteiger partial charge in [0.05, 0.1) is 13.2 Å². The van der Waals surface area contributed by atoms with Crippen molar-refractivity contribution in [2.45, 2.75) is 110 Å². The van der Waals surface area contributed by atoms with Crippen molar-refractivity contribution < 1.29 is 37.9 Å². The average Bonchev–Trinajstić information content (AvgIpc) is 2.97. The molecule has 0 aliphatic carbocycles. The third-order valence-electron chi connectivity index (χ3n) is 6.01. The number of aliphatic hydroxyl groups excluding tert-OH is 1. The Hall–Kier alpha value is -2.29. The quantitative estimate of drug-likeness (QED) is 0.0354. The number of amides is 1. The highest BCUT2D eigenvalue weighted by Crippen LogP contribution is 2.42. The molecular formula is C33H56NO8P. The fourth-order valence-electron chi connectivity index (χ4n) is 3.70. The topological polar surface area (TPSA) is 131 Å². The van der Waals surface area contributed by atoms with Crippen LogP contribution < -0.4 is 5.32 Å². The summed E-state index contributed by atoms with van der Waals surface area (Å²) in [7, 11) is -4.37. The molecule has 0 saturated carbocycles. The third kappa shape index (κ3) is 32.5. The number of phosphoric ester groups is 1. The van der Waals surface area contributed by atoms with Gasteiger partial charge in [-0.2, -0.15) is 0 Å². The lowest BCUT2D eigenvalue weighted by molar-refractivity contribution is -0.147. The van der Waals surface area contributed by atoms with Crippen molar-refractivity contribution >= 4 is 19.7 Å². The summed E-state index contributed by atoms with van der Waals surface area (Å²) in [6.07, 6.45) is 34.8. The summed E-state index contributed by atoms with van der Waals surface area (Å²) in [6, 6.07) is 0. The molecule has 0 rings (SSSR count). The van der Waals surface area contributed by atoms with Gasteiger partial charge in [-0.15, -0.1) is 0 Å². The highest BCUT2D eigenvalue weighted by Gasteiger charge is 2.23. The van der Waals surface area contributed by atoms with Gasteiger partial charge in [-0.05, 0) is 51.4 Å². The zero-order chi connectivity index (χ0) is 31.9. The predicted molar refractivity (Wildman–Crippen MR) is 173 cm³/mol. The van der Waals surface area contributed by atoms with Crippen LogP contribution in [0.2, 0.25) is 0 Å². The summed E-state index contributed by atoms with van der Waals surface area (Å²) in [5.74, 6) is -0.715. The van der Waals surface area contributed by atoms with Crippen LogP contribution in [0.3, 0.4) is 0 Å². The Kier molecular flexibility index (Phi) is 28.2. The van der Waals surface area contributed by atoms with Gasteiger partial charge in [-0.25, -0.2) is 4.57 Å². The lowest BCUT2D eigenvalue weighted by Gasteiger charge is -2.15. The Morgan fingerprint density at radius 1 is 0.744 bits per heavy atom. The number of rotatable bonds is 28. The van der Waals surface area contributed by atoms with E-state index in [1.54, 1.807) is 0 Å². The summed E-state index contributed by atoms with van der Waals surface area (Å²) in [4.78, 5) is 32.1. The molecule has 0 aliphatic rings. The molecule has 3 N–H and O–H groups in total. The SMILES string of the molecule is CC/C=C\C/C=C\C/C=C\C/C=C\C/C=C\CCCCCCCCCC(=O)OCC(O)COP(=O)(O)OCCNC(C)=O.